The van der Waals surface area contributed by atoms with Crippen LogP contribution in [0.1, 0.15) is 38.1 Å². The second-order valence-corrected chi connectivity index (χ2v) is 3.67. The second kappa shape index (κ2) is 5.07. The van der Waals surface area contributed by atoms with Gasteiger partial charge in [-0.25, -0.2) is 9.97 Å². The molecule has 0 saturated carbocycles. The zero-order valence-electron chi connectivity index (χ0n) is 9.99. The Hall–Kier alpha value is -1.16. The minimum absolute atomic E-state index is 0.00393. The molecule has 1 heterocycles. The Labute approximate surface area is 91.5 Å². The maximum atomic E-state index is 5.81. The molecule has 1 rings (SSSR count). The molecule has 4 nitrogen and oxygen atoms in total. The van der Waals surface area contributed by atoms with Crippen LogP contribution in [0.5, 0.6) is 0 Å². The van der Waals surface area contributed by atoms with Crippen LogP contribution in [0, 0.1) is 6.92 Å². The largest absolute Gasteiger partial charge is 0.341 e. The first-order valence-electron chi connectivity index (χ1n) is 5.44. The fraction of sp³-hybridized carbons (Fsp3) is 0.636. The molecular weight excluding hydrogens is 188 g/mol. The van der Waals surface area contributed by atoms with Crippen molar-refractivity contribution in [3.8, 4) is 0 Å². The molecule has 84 valence electrons. The third kappa shape index (κ3) is 2.65. The third-order valence-electron chi connectivity index (χ3n) is 2.54. The molecule has 0 amide bonds. The normalized spacial score (nSPS) is 12.6. The fourth-order valence-electron chi connectivity index (χ4n) is 1.57. The lowest BCUT2D eigenvalue weighted by Gasteiger charge is -2.19. The first kappa shape index (κ1) is 11.9. The molecule has 4 heteroatoms. The highest BCUT2D eigenvalue weighted by Gasteiger charge is 2.10. The van der Waals surface area contributed by atoms with Gasteiger partial charge in [-0.15, -0.1) is 0 Å². The first-order valence-corrected chi connectivity index (χ1v) is 5.44. The van der Waals surface area contributed by atoms with Crippen molar-refractivity contribution in [3.63, 3.8) is 0 Å². The first-order chi connectivity index (χ1) is 7.10. The Bertz CT molecular complexity index is 318. The highest BCUT2D eigenvalue weighted by Crippen LogP contribution is 2.15. The monoisotopic (exact) mass is 208 g/mol. The van der Waals surface area contributed by atoms with Crippen LogP contribution >= 0.6 is 0 Å². The molecule has 0 aliphatic heterocycles. The van der Waals surface area contributed by atoms with Gasteiger partial charge in [-0.3, -0.25) is 0 Å². The lowest BCUT2D eigenvalue weighted by atomic mass is 10.1. The van der Waals surface area contributed by atoms with Crippen LogP contribution < -0.4 is 10.6 Å². The zero-order valence-corrected chi connectivity index (χ0v) is 9.99. The average molecular weight is 208 g/mol. The Morgan fingerprint density at radius 2 is 2.00 bits per heavy atom. The fourth-order valence-corrected chi connectivity index (χ4v) is 1.57. The molecule has 0 aromatic carbocycles. The molecule has 0 fully saturated rings. The molecule has 0 unspecified atom stereocenters. The number of nitrogens with zero attached hydrogens (tertiary/aromatic N) is 3. The quantitative estimate of drug-likeness (QED) is 0.817. The summed E-state index contributed by atoms with van der Waals surface area (Å²) in [6.45, 7) is 9.97. The molecule has 0 bridgehead atoms. The molecule has 2 N–H and O–H groups in total. The molecule has 0 spiro atoms. The Morgan fingerprint density at radius 1 is 1.40 bits per heavy atom. The van der Waals surface area contributed by atoms with Crippen molar-refractivity contribution in [1.82, 2.24) is 9.97 Å². The van der Waals surface area contributed by atoms with Gasteiger partial charge in [0.15, 0.2) is 0 Å². The number of anilines is 1. The number of aromatic nitrogens is 2. The van der Waals surface area contributed by atoms with Crippen molar-refractivity contribution in [2.45, 2.75) is 33.7 Å². The van der Waals surface area contributed by atoms with Crippen molar-refractivity contribution in [2.24, 2.45) is 5.73 Å². The van der Waals surface area contributed by atoms with Gasteiger partial charge >= 0.3 is 0 Å². The van der Waals surface area contributed by atoms with E-state index >= 15 is 0 Å². The third-order valence-corrected chi connectivity index (χ3v) is 2.54. The number of hydrogen-bond acceptors (Lipinski definition) is 4. The number of rotatable bonds is 4. The summed E-state index contributed by atoms with van der Waals surface area (Å²) in [7, 11) is 0. The smallest absolute Gasteiger partial charge is 0.225 e. The summed E-state index contributed by atoms with van der Waals surface area (Å²) in [6, 6.07) is -0.00393. The van der Waals surface area contributed by atoms with Gasteiger partial charge in [0, 0.05) is 36.6 Å². The van der Waals surface area contributed by atoms with Gasteiger partial charge in [0.05, 0.1) is 0 Å². The second-order valence-electron chi connectivity index (χ2n) is 3.67. The molecule has 0 saturated heterocycles. The molecule has 1 aromatic rings. The van der Waals surface area contributed by atoms with Crippen LogP contribution in [-0.4, -0.2) is 23.1 Å². The van der Waals surface area contributed by atoms with E-state index in [1.54, 1.807) is 0 Å². The van der Waals surface area contributed by atoms with Gasteiger partial charge < -0.3 is 10.6 Å². The van der Waals surface area contributed by atoms with Gasteiger partial charge in [-0.2, -0.15) is 0 Å². The topological polar surface area (TPSA) is 55.0 Å². The summed E-state index contributed by atoms with van der Waals surface area (Å²) >= 11 is 0. The van der Waals surface area contributed by atoms with Gasteiger partial charge in [0.1, 0.15) is 0 Å². The Kier molecular flexibility index (Phi) is 4.03. The van der Waals surface area contributed by atoms with E-state index in [4.69, 9.17) is 5.73 Å². The number of aryl methyl sites for hydroxylation is 1. The van der Waals surface area contributed by atoms with Crippen LogP contribution in [0.3, 0.4) is 0 Å². The van der Waals surface area contributed by atoms with E-state index in [2.05, 4.69) is 28.7 Å². The van der Waals surface area contributed by atoms with Crippen molar-refractivity contribution < 1.29 is 0 Å². The van der Waals surface area contributed by atoms with Crippen molar-refractivity contribution >= 4 is 5.95 Å². The van der Waals surface area contributed by atoms with E-state index in [1.807, 2.05) is 20.0 Å². The molecule has 0 radical (unpaired) electrons. The van der Waals surface area contributed by atoms with E-state index in [0.29, 0.717) is 0 Å². The minimum atomic E-state index is -0.00393. The molecule has 1 aromatic heterocycles. The summed E-state index contributed by atoms with van der Waals surface area (Å²) in [5, 5.41) is 0. The highest BCUT2D eigenvalue weighted by atomic mass is 15.2. The van der Waals surface area contributed by atoms with Crippen LogP contribution in [0.2, 0.25) is 0 Å². The lowest BCUT2D eigenvalue weighted by molar-refractivity contribution is 0.767. The van der Waals surface area contributed by atoms with E-state index in [1.165, 1.54) is 0 Å². The van der Waals surface area contributed by atoms with E-state index in [-0.39, 0.29) is 6.04 Å². The lowest BCUT2D eigenvalue weighted by Crippen LogP contribution is -2.25. The summed E-state index contributed by atoms with van der Waals surface area (Å²) in [6.07, 6.45) is 1.83. The van der Waals surface area contributed by atoms with Crippen LogP contribution in [-0.2, 0) is 0 Å². The number of nitrogens with two attached hydrogens (primary N) is 1. The summed E-state index contributed by atoms with van der Waals surface area (Å²) in [5.41, 5.74) is 7.81. The van der Waals surface area contributed by atoms with Crippen molar-refractivity contribution in [2.75, 3.05) is 18.0 Å². The van der Waals surface area contributed by atoms with Gasteiger partial charge in [0.2, 0.25) is 5.95 Å². The predicted octanol–water partition coefficient (Wildman–Crippen LogP) is 1.65. The standard InChI is InChI=1S/C11H20N4/c1-5-15(6-2)11-13-7-10(8(3)12)9(4)14-11/h7-8H,5-6,12H2,1-4H3/t8-/m0/s1. The van der Waals surface area contributed by atoms with Crippen LogP contribution in [0.15, 0.2) is 6.20 Å². The zero-order chi connectivity index (χ0) is 11.4. The van der Waals surface area contributed by atoms with Gasteiger partial charge in [0.25, 0.3) is 0 Å². The molecule has 0 aliphatic carbocycles. The van der Waals surface area contributed by atoms with Crippen molar-refractivity contribution in [3.05, 3.63) is 17.5 Å². The van der Waals surface area contributed by atoms with E-state index in [9.17, 15) is 0 Å². The summed E-state index contributed by atoms with van der Waals surface area (Å²) in [5.74, 6) is 0.793. The SMILES string of the molecule is CCN(CC)c1ncc([C@H](C)N)c(C)n1. The Morgan fingerprint density at radius 3 is 2.40 bits per heavy atom. The molecular formula is C11H20N4. The maximum Gasteiger partial charge on any atom is 0.225 e. The molecule has 15 heavy (non-hydrogen) atoms. The maximum absolute atomic E-state index is 5.81. The van der Waals surface area contributed by atoms with Gasteiger partial charge in [-0.05, 0) is 27.7 Å². The summed E-state index contributed by atoms with van der Waals surface area (Å²) in [4.78, 5) is 10.9. The molecule has 0 aliphatic rings. The molecule has 1 atom stereocenters. The van der Waals surface area contributed by atoms with Crippen LogP contribution in [0.4, 0.5) is 5.95 Å². The van der Waals surface area contributed by atoms with Crippen molar-refractivity contribution in [1.29, 1.82) is 0 Å². The minimum Gasteiger partial charge on any atom is -0.341 e. The Balaban J connectivity index is 3.00. The summed E-state index contributed by atoms with van der Waals surface area (Å²) < 4.78 is 0. The highest BCUT2D eigenvalue weighted by molar-refractivity contribution is 5.33. The average Bonchev–Trinajstić information content (AvgIpc) is 2.19. The predicted molar refractivity (Wildman–Crippen MR) is 62.9 cm³/mol. The van der Waals surface area contributed by atoms with Gasteiger partial charge in [-0.1, -0.05) is 0 Å². The van der Waals surface area contributed by atoms with E-state index < -0.39 is 0 Å². The number of hydrogen-bond donors (Lipinski definition) is 1. The van der Waals surface area contributed by atoms with Crippen LogP contribution in [0.25, 0.3) is 0 Å². The van der Waals surface area contributed by atoms with E-state index in [0.717, 1.165) is 30.3 Å².